The first-order valence-electron chi connectivity index (χ1n) is 4.53. The maximum Gasteiger partial charge on any atom is 0.267 e. The summed E-state index contributed by atoms with van der Waals surface area (Å²) in [7, 11) is 0. The topological polar surface area (TPSA) is 57.8 Å². The van der Waals surface area contributed by atoms with E-state index in [1.165, 1.54) is 24.5 Å². The molecule has 0 radical (unpaired) electrons. The Hall–Kier alpha value is -1.40. The molecule has 1 aromatic carbocycles. The number of aromatic nitrogens is 2. The molecule has 4 nitrogen and oxygen atoms in total. The zero-order valence-corrected chi connectivity index (χ0v) is 10.6. The van der Waals surface area contributed by atoms with E-state index in [1.54, 1.807) is 0 Å². The summed E-state index contributed by atoms with van der Waals surface area (Å²) < 4.78 is 13.6. The van der Waals surface area contributed by atoms with Gasteiger partial charge in [0.1, 0.15) is 10.3 Å². The maximum atomic E-state index is 13.4. The highest BCUT2D eigenvalue weighted by Gasteiger charge is 2.08. The number of nitrogens with one attached hydrogen (secondary N) is 2. The molecule has 2 rings (SSSR count). The van der Waals surface area contributed by atoms with Gasteiger partial charge in [-0.1, -0.05) is 11.6 Å². The minimum absolute atomic E-state index is 0.149. The molecule has 0 saturated carbocycles. The van der Waals surface area contributed by atoms with Crippen LogP contribution in [0.3, 0.4) is 0 Å². The maximum absolute atomic E-state index is 13.4. The summed E-state index contributed by atoms with van der Waals surface area (Å²) in [5.41, 5.74) is -0.207. The van der Waals surface area contributed by atoms with Gasteiger partial charge in [0, 0.05) is 5.02 Å². The van der Waals surface area contributed by atoms with Crippen LogP contribution in [0.4, 0.5) is 15.9 Å². The van der Waals surface area contributed by atoms with Crippen molar-refractivity contribution in [1.82, 2.24) is 9.97 Å². The highest BCUT2D eigenvalue weighted by atomic mass is 79.9. The van der Waals surface area contributed by atoms with Gasteiger partial charge in [-0.25, -0.2) is 9.37 Å². The van der Waals surface area contributed by atoms with Gasteiger partial charge in [-0.05, 0) is 34.1 Å². The number of hydrogen-bond donors (Lipinski definition) is 2. The SMILES string of the molecule is O=c1[nH]cnc(Nc2cc(Cl)ccc2F)c1Br. The molecule has 1 aromatic heterocycles. The van der Waals surface area contributed by atoms with Crippen molar-refractivity contribution in [2.24, 2.45) is 0 Å². The zero-order chi connectivity index (χ0) is 12.4. The van der Waals surface area contributed by atoms with E-state index in [0.29, 0.717) is 5.02 Å². The molecule has 2 aromatic rings. The van der Waals surface area contributed by atoms with Crippen LogP contribution in [0.25, 0.3) is 0 Å². The van der Waals surface area contributed by atoms with Gasteiger partial charge in [-0.3, -0.25) is 4.79 Å². The van der Waals surface area contributed by atoms with Crippen LogP contribution in [0.5, 0.6) is 0 Å². The van der Waals surface area contributed by atoms with Crippen molar-refractivity contribution >= 4 is 39.0 Å². The Bertz CT molecular complexity index is 617. The number of hydrogen-bond acceptors (Lipinski definition) is 3. The van der Waals surface area contributed by atoms with Crippen molar-refractivity contribution in [2.75, 3.05) is 5.32 Å². The lowest BCUT2D eigenvalue weighted by atomic mass is 10.3. The van der Waals surface area contributed by atoms with Crippen molar-refractivity contribution in [3.05, 3.63) is 50.2 Å². The number of H-pyrrole nitrogens is 1. The van der Waals surface area contributed by atoms with E-state index in [0.717, 1.165) is 0 Å². The molecule has 7 heteroatoms. The Morgan fingerprint density at radius 1 is 1.47 bits per heavy atom. The predicted octanol–water partition coefficient (Wildman–Crippen LogP) is 3.07. The smallest absolute Gasteiger partial charge is 0.267 e. The average molecular weight is 319 g/mol. The molecule has 0 bridgehead atoms. The molecule has 0 amide bonds. The third-order valence-corrected chi connectivity index (χ3v) is 2.95. The largest absolute Gasteiger partial charge is 0.337 e. The third kappa shape index (κ3) is 2.65. The van der Waals surface area contributed by atoms with E-state index in [9.17, 15) is 9.18 Å². The van der Waals surface area contributed by atoms with Crippen LogP contribution in [0.1, 0.15) is 0 Å². The van der Waals surface area contributed by atoms with Crippen LogP contribution >= 0.6 is 27.5 Å². The fourth-order valence-electron chi connectivity index (χ4n) is 1.19. The van der Waals surface area contributed by atoms with Crippen molar-refractivity contribution in [2.45, 2.75) is 0 Å². The van der Waals surface area contributed by atoms with Gasteiger partial charge in [0.15, 0.2) is 5.82 Å². The minimum Gasteiger partial charge on any atom is -0.337 e. The Morgan fingerprint density at radius 3 is 3.00 bits per heavy atom. The van der Waals surface area contributed by atoms with Gasteiger partial charge in [0.2, 0.25) is 0 Å². The summed E-state index contributed by atoms with van der Waals surface area (Å²) >= 11 is 8.80. The minimum atomic E-state index is -0.483. The number of benzene rings is 1. The fraction of sp³-hybridized carbons (Fsp3) is 0. The van der Waals surface area contributed by atoms with E-state index in [2.05, 4.69) is 31.2 Å². The van der Waals surface area contributed by atoms with Crippen molar-refractivity contribution in [1.29, 1.82) is 0 Å². The fourth-order valence-corrected chi connectivity index (χ4v) is 1.68. The number of aromatic amines is 1. The van der Waals surface area contributed by atoms with E-state index in [-0.39, 0.29) is 21.5 Å². The van der Waals surface area contributed by atoms with Gasteiger partial charge >= 0.3 is 0 Å². The van der Waals surface area contributed by atoms with Crippen LogP contribution in [-0.4, -0.2) is 9.97 Å². The quantitative estimate of drug-likeness (QED) is 0.894. The molecule has 0 saturated heterocycles. The van der Waals surface area contributed by atoms with Crippen molar-refractivity contribution in [3.63, 3.8) is 0 Å². The zero-order valence-electron chi connectivity index (χ0n) is 8.30. The first kappa shape index (κ1) is 12.1. The molecule has 88 valence electrons. The number of rotatable bonds is 2. The predicted molar refractivity (Wildman–Crippen MR) is 67.3 cm³/mol. The van der Waals surface area contributed by atoms with Crippen LogP contribution in [0.15, 0.2) is 33.8 Å². The van der Waals surface area contributed by atoms with Crippen molar-refractivity contribution in [3.8, 4) is 0 Å². The third-order valence-electron chi connectivity index (χ3n) is 1.98. The summed E-state index contributed by atoms with van der Waals surface area (Å²) in [5.74, 6) is -0.265. The normalized spacial score (nSPS) is 10.3. The summed E-state index contributed by atoms with van der Waals surface area (Å²) in [6.45, 7) is 0. The van der Waals surface area contributed by atoms with E-state index in [1.807, 2.05) is 0 Å². The molecule has 0 fully saturated rings. The summed E-state index contributed by atoms with van der Waals surface area (Å²) in [5, 5.41) is 3.07. The lowest BCUT2D eigenvalue weighted by Gasteiger charge is -2.07. The standard InChI is InChI=1S/C10H6BrClFN3O/c11-8-9(14-4-15-10(8)17)16-7-3-5(12)1-2-6(7)13/h1-4H,(H2,14,15,16,17). The Morgan fingerprint density at radius 2 is 2.24 bits per heavy atom. The first-order chi connectivity index (χ1) is 8.08. The average Bonchev–Trinajstić information content (AvgIpc) is 2.30. The van der Waals surface area contributed by atoms with Gasteiger partial charge in [-0.2, -0.15) is 0 Å². The summed E-state index contributed by atoms with van der Waals surface area (Å²) in [6.07, 6.45) is 1.22. The second kappa shape index (κ2) is 4.85. The van der Waals surface area contributed by atoms with E-state index < -0.39 is 5.82 Å². The van der Waals surface area contributed by atoms with Crippen molar-refractivity contribution < 1.29 is 4.39 Å². The molecule has 0 aliphatic heterocycles. The number of nitrogens with zero attached hydrogens (tertiary/aromatic N) is 1. The van der Waals surface area contributed by atoms with E-state index >= 15 is 0 Å². The molecule has 0 spiro atoms. The van der Waals surface area contributed by atoms with Crippen LogP contribution in [0, 0.1) is 5.82 Å². The van der Waals surface area contributed by atoms with Gasteiger partial charge in [0.25, 0.3) is 5.56 Å². The summed E-state index contributed by atoms with van der Waals surface area (Å²) in [4.78, 5) is 17.5. The molecule has 17 heavy (non-hydrogen) atoms. The number of anilines is 2. The highest BCUT2D eigenvalue weighted by Crippen LogP contribution is 2.24. The second-order valence-corrected chi connectivity index (χ2v) is 4.37. The number of halogens is 3. The van der Waals surface area contributed by atoms with E-state index in [4.69, 9.17) is 11.6 Å². The van der Waals surface area contributed by atoms with Crippen LogP contribution in [-0.2, 0) is 0 Å². The Kier molecular flexibility index (Phi) is 3.44. The Labute approximate surface area is 109 Å². The highest BCUT2D eigenvalue weighted by molar-refractivity contribution is 9.10. The molecule has 0 unspecified atom stereocenters. The lowest BCUT2D eigenvalue weighted by molar-refractivity contribution is 0.632. The summed E-state index contributed by atoms with van der Waals surface area (Å²) in [6, 6.07) is 4.07. The second-order valence-electron chi connectivity index (χ2n) is 3.14. The van der Waals surface area contributed by atoms with Gasteiger partial charge in [-0.15, -0.1) is 0 Å². The first-order valence-corrected chi connectivity index (χ1v) is 5.70. The molecule has 0 aliphatic carbocycles. The molecule has 0 aliphatic rings. The lowest BCUT2D eigenvalue weighted by Crippen LogP contribution is -2.10. The monoisotopic (exact) mass is 317 g/mol. The molecular weight excluding hydrogens is 312 g/mol. The van der Waals surface area contributed by atoms with Gasteiger partial charge in [0.05, 0.1) is 12.0 Å². The molecule has 0 atom stereocenters. The molecule has 1 heterocycles. The van der Waals surface area contributed by atoms with Crippen LogP contribution in [0.2, 0.25) is 5.02 Å². The molecular formula is C10H6BrClFN3O. The molecule has 2 N–H and O–H groups in total. The Balaban J connectivity index is 2.41. The van der Waals surface area contributed by atoms with Crippen LogP contribution < -0.4 is 10.9 Å². The van der Waals surface area contributed by atoms with Gasteiger partial charge < -0.3 is 10.3 Å².